The van der Waals surface area contributed by atoms with Gasteiger partial charge in [-0.05, 0) is 44.3 Å². The van der Waals surface area contributed by atoms with E-state index in [0.717, 1.165) is 5.56 Å². The molecule has 0 radical (unpaired) electrons. The molecule has 150 valence electrons. The first-order chi connectivity index (χ1) is 13.9. The monoisotopic (exact) mass is 395 g/mol. The minimum Gasteiger partial charge on any atom is -0.481 e. The summed E-state index contributed by atoms with van der Waals surface area (Å²) in [6.07, 6.45) is 7.29. The van der Waals surface area contributed by atoms with Crippen LogP contribution in [0.4, 0.5) is 10.3 Å². The Morgan fingerprint density at radius 3 is 2.76 bits per heavy atom. The zero-order chi connectivity index (χ0) is 20.7. The van der Waals surface area contributed by atoms with Crippen molar-refractivity contribution in [3.8, 4) is 5.88 Å². The van der Waals surface area contributed by atoms with E-state index in [-0.39, 0.29) is 29.4 Å². The average Bonchev–Trinajstić information content (AvgIpc) is 2.67. The SMILES string of the molecule is COc1nc(C2C=C(F)C=CC2[C@H]2CC(=O)c3c(C)nc(N)nc3C2)ncc1C. The minimum absolute atomic E-state index is 0.0154. The number of ketones is 1. The second-order valence-electron chi connectivity index (χ2n) is 7.51. The summed E-state index contributed by atoms with van der Waals surface area (Å²) >= 11 is 0. The summed E-state index contributed by atoms with van der Waals surface area (Å²) in [4.78, 5) is 30.1. The molecule has 8 heteroatoms. The molecule has 0 spiro atoms. The number of methoxy groups -OCH3 is 1. The number of ether oxygens (including phenoxy) is 1. The molecule has 4 rings (SSSR count). The van der Waals surface area contributed by atoms with Crippen molar-refractivity contribution in [2.45, 2.75) is 32.6 Å². The van der Waals surface area contributed by atoms with Gasteiger partial charge in [-0.3, -0.25) is 4.79 Å². The van der Waals surface area contributed by atoms with Crippen molar-refractivity contribution in [1.82, 2.24) is 19.9 Å². The van der Waals surface area contributed by atoms with Gasteiger partial charge in [-0.15, -0.1) is 0 Å². The van der Waals surface area contributed by atoms with E-state index in [9.17, 15) is 9.18 Å². The molecule has 3 atom stereocenters. The summed E-state index contributed by atoms with van der Waals surface area (Å²) in [7, 11) is 1.54. The summed E-state index contributed by atoms with van der Waals surface area (Å²) in [5.74, 6) is 0.0717. The standard InChI is InChI=1S/C21H22FN5O2/c1-10-9-24-19(27-20(10)29-3)15-8-13(22)4-5-14(15)12-6-16-18(17(28)7-12)11(2)25-21(23)26-16/h4-5,8-9,12,14-15H,6-7H2,1-3H3,(H2,23,25,26)/t12-,14?,15?/m1/s1. The largest absolute Gasteiger partial charge is 0.481 e. The Hall–Kier alpha value is -3.16. The lowest BCUT2D eigenvalue weighted by molar-refractivity contribution is 0.0928. The summed E-state index contributed by atoms with van der Waals surface area (Å²) < 4.78 is 19.4. The molecule has 0 fully saturated rings. The number of nitrogen functional groups attached to an aromatic ring is 1. The number of fused-ring (bicyclic) bond motifs is 1. The molecule has 2 N–H and O–H groups in total. The Balaban J connectivity index is 1.71. The first-order valence-corrected chi connectivity index (χ1v) is 9.46. The molecule has 0 amide bonds. The van der Waals surface area contributed by atoms with Crippen LogP contribution in [0.25, 0.3) is 0 Å². The van der Waals surface area contributed by atoms with E-state index in [4.69, 9.17) is 10.5 Å². The Bertz CT molecular complexity index is 1050. The molecule has 0 aromatic carbocycles. The average molecular weight is 395 g/mol. The minimum atomic E-state index is -0.408. The van der Waals surface area contributed by atoms with Crippen molar-refractivity contribution < 1.29 is 13.9 Å². The van der Waals surface area contributed by atoms with Gasteiger partial charge in [0.2, 0.25) is 11.8 Å². The van der Waals surface area contributed by atoms with Crippen LogP contribution >= 0.6 is 0 Å². The molecular formula is C21H22FN5O2. The van der Waals surface area contributed by atoms with Crippen LogP contribution in [0.3, 0.4) is 0 Å². The van der Waals surface area contributed by atoms with Crippen LogP contribution in [-0.4, -0.2) is 32.8 Å². The zero-order valence-electron chi connectivity index (χ0n) is 16.5. The van der Waals surface area contributed by atoms with Crippen molar-refractivity contribution in [3.05, 3.63) is 58.6 Å². The normalized spacial score (nSPS) is 23.5. The second kappa shape index (κ2) is 7.35. The molecule has 29 heavy (non-hydrogen) atoms. The van der Waals surface area contributed by atoms with Crippen molar-refractivity contribution in [3.63, 3.8) is 0 Å². The second-order valence-corrected chi connectivity index (χ2v) is 7.51. The third kappa shape index (κ3) is 3.50. The zero-order valence-corrected chi connectivity index (χ0v) is 16.5. The highest BCUT2D eigenvalue weighted by Gasteiger charge is 2.38. The van der Waals surface area contributed by atoms with Gasteiger partial charge in [-0.25, -0.2) is 19.3 Å². The van der Waals surface area contributed by atoms with Crippen molar-refractivity contribution in [1.29, 1.82) is 0 Å². The van der Waals surface area contributed by atoms with Crippen molar-refractivity contribution >= 4 is 11.7 Å². The van der Waals surface area contributed by atoms with Gasteiger partial charge in [0.1, 0.15) is 11.7 Å². The first kappa shape index (κ1) is 19.2. The highest BCUT2D eigenvalue weighted by molar-refractivity contribution is 5.99. The van der Waals surface area contributed by atoms with Gasteiger partial charge >= 0.3 is 0 Å². The van der Waals surface area contributed by atoms with E-state index in [0.29, 0.717) is 41.5 Å². The van der Waals surface area contributed by atoms with Crippen LogP contribution < -0.4 is 10.5 Å². The molecule has 2 aliphatic carbocycles. The van der Waals surface area contributed by atoms with Crippen LogP contribution in [-0.2, 0) is 6.42 Å². The number of Topliss-reactive ketones (excluding diaryl/α,β-unsaturated/α-hetero) is 1. The Labute approximate surface area is 168 Å². The topological polar surface area (TPSA) is 104 Å². The van der Waals surface area contributed by atoms with Crippen molar-refractivity contribution in [2.24, 2.45) is 11.8 Å². The predicted octanol–water partition coefficient (Wildman–Crippen LogP) is 3.04. The summed E-state index contributed by atoms with van der Waals surface area (Å²) in [5.41, 5.74) is 8.41. The van der Waals surface area contributed by atoms with Crippen LogP contribution in [0.1, 0.15) is 45.5 Å². The van der Waals surface area contributed by atoms with E-state index < -0.39 is 5.92 Å². The maximum atomic E-state index is 14.1. The molecule has 7 nitrogen and oxygen atoms in total. The number of nitrogens with two attached hydrogens (primary N) is 1. The summed E-state index contributed by atoms with van der Waals surface area (Å²) in [5, 5.41) is 0. The van der Waals surface area contributed by atoms with E-state index in [1.165, 1.54) is 19.3 Å². The maximum Gasteiger partial charge on any atom is 0.220 e. The maximum absolute atomic E-state index is 14.1. The lowest BCUT2D eigenvalue weighted by atomic mass is 9.71. The van der Waals surface area contributed by atoms with Gasteiger partial charge in [0.05, 0.1) is 24.1 Å². The molecule has 2 heterocycles. The van der Waals surface area contributed by atoms with Crippen LogP contribution in [0.15, 0.2) is 30.3 Å². The fraction of sp³-hybridized carbons (Fsp3) is 0.381. The fourth-order valence-corrected chi connectivity index (χ4v) is 4.26. The quantitative estimate of drug-likeness (QED) is 0.852. The summed E-state index contributed by atoms with van der Waals surface area (Å²) in [6, 6.07) is 0. The van der Waals surface area contributed by atoms with Gasteiger partial charge in [-0.2, -0.15) is 4.98 Å². The van der Waals surface area contributed by atoms with Gasteiger partial charge in [0.15, 0.2) is 5.78 Å². The molecule has 0 saturated heterocycles. The number of halogens is 1. The number of carbonyl (C=O) groups excluding carboxylic acids is 1. The Kier molecular flexibility index (Phi) is 4.86. The van der Waals surface area contributed by atoms with Crippen LogP contribution in [0, 0.1) is 25.7 Å². The third-order valence-corrected chi connectivity index (χ3v) is 5.57. The molecule has 0 saturated carbocycles. The van der Waals surface area contributed by atoms with E-state index >= 15 is 0 Å². The van der Waals surface area contributed by atoms with Crippen molar-refractivity contribution in [2.75, 3.05) is 12.8 Å². The highest BCUT2D eigenvalue weighted by Crippen LogP contribution is 2.41. The molecular weight excluding hydrogens is 373 g/mol. The molecule has 2 unspecified atom stereocenters. The predicted molar refractivity (Wildman–Crippen MR) is 105 cm³/mol. The summed E-state index contributed by atoms with van der Waals surface area (Å²) in [6.45, 7) is 3.61. The number of allylic oxidation sites excluding steroid dienone is 4. The number of rotatable bonds is 3. The van der Waals surface area contributed by atoms with Gasteiger partial charge in [0, 0.05) is 24.1 Å². The van der Waals surface area contributed by atoms with E-state index in [2.05, 4.69) is 19.9 Å². The fourth-order valence-electron chi connectivity index (χ4n) is 4.26. The number of nitrogens with zero attached hydrogens (tertiary/aromatic N) is 4. The smallest absolute Gasteiger partial charge is 0.220 e. The van der Waals surface area contributed by atoms with E-state index in [1.54, 1.807) is 19.2 Å². The molecule has 2 aromatic rings. The Morgan fingerprint density at radius 1 is 1.21 bits per heavy atom. The van der Waals surface area contributed by atoms with Gasteiger partial charge in [0.25, 0.3) is 0 Å². The molecule has 2 aromatic heterocycles. The number of aromatic nitrogens is 4. The number of carbonyl (C=O) groups is 1. The van der Waals surface area contributed by atoms with Crippen LogP contribution in [0.2, 0.25) is 0 Å². The number of anilines is 1. The van der Waals surface area contributed by atoms with Gasteiger partial charge < -0.3 is 10.5 Å². The molecule has 0 bridgehead atoms. The van der Waals surface area contributed by atoms with Crippen LogP contribution in [0.5, 0.6) is 5.88 Å². The molecule has 2 aliphatic rings. The van der Waals surface area contributed by atoms with E-state index in [1.807, 2.05) is 6.92 Å². The Morgan fingerprint density at radius 2 is 2.00 bits per heavy atom. The number of hydrogen-bond donors (Lipinski definition) is 1. The molecule has 0 aliphatic heterocycles. The van der Waals surface area contributed by atoms with Gasteiger partial charge in [-0.1, -0.05) is 6.08 Å². The lowest BCUT2D eigenvalue weighted by Gasteiger charge is -2.33. The first-order valence-electron chi connectivity index (χ1n) is 9.46. The lowest BCUT2D eigenvalue weighted by Crippen LogP contribution is -2.32. The number of hydrogen-bond acceptors (Lipinski definition) is 7. The number of aryl methyl sites for hydroxylation is 2. The highest BCUT2D eigenvalue weighted by atomic mass is 19.1. The third-order valence-electron chi connectivity index (χ3n) is 5.57.